The zero-order valence-electron chi connectivity index (χ0n) is 11.6. The van der Waals surface area contributed by atoms with E-state index in [1.165, 1.54) is 16.2 Å². The first-order chi connectivity index (χ1) is 9.40. The Morgan fingerprint density at radius 1 is 1.25 bits per heavy atom. The Labute approximate surface area is 128 Å². The van der Waals surface area contributed by atoms with Gasteiger partial charge in [0, 0.05) is 23.2 Å². The summed E-state index contributed by atoms with van der Waals surface area (Å²) in [7, 11) is 1.77. The minimum atomic E-state index is -0.00530. The minimum Gasteiger partial charge on any atom is -0.389 e. The summed E-state index contributed by atoms with van der Waals surface area (Å²) in [6.45, 7) is 4.04. The zero-order valence-corrected chi connectivity index (χ0v) is 13.3. The van der Waals surface area contributed by atoms with E-state index in [0.29, 0.717) is 4.99 Å². The Balaban J connectivity index is 2.24. The van der Waals surface area contributed by atoms with Gasteiger partial charge in [0.05, 0.1) is 4.88 Å². The van der Waals surface area contributed by atoms with Crippen LogP contribution in [0.15, 0.2) is 30.3 Å². The summed E-state index contributed by atoms with van der Waals surface area (Å²) >= 11 is 6.44. The van der Waals surface area contributed by atoms with Crippen molar-refractivity contribution in [3.8, 4) is 0 Å². The second-order valence-electron chi connectivity index (χ2n) is 4.63. The smallest absolute Gasteiger partial charge is 0.268 e. The van der Waals surface area contributed by atoms with Crippen molar-refractivity contribution in [1.29, 1.82) is 0 Å². The molecule has 0 atom stereocenters. The molecule has 0 spiro atoms. The van der Waals surface area contributed by atoms with Gasteiger partial charge in [-0.1, -0.05) is 12.2 Å². The van der Waals surface area contributed by atoms with Crippen molar-refractivity contribution in [2.75, 3.05) is 11.9 Å². The number of nitrogens with two attached hydrogens (primary N) is 1. The monoisotopic (exact) mass is 304 g/mol. The molecule has 1 amide bonds. The Hall–Kier alpha value is -1.72. The maximum atomic E-state index is 12.4. The van der Waals surface area contributed by atoms with Crippen LogP contribution in [0.3, 0.4) is 0 Å². The van der Waals surface area contributed by atoms with Crippen molar-refractivity contribution in [3.05, 3.63) is 51.2 Å². The molecule has 1 aromatic heterocycles. The maximum Gasteiger partial charge on any atom is 0.268 e. The molecule has 2 aromatic rings. The average Bonchev–Trinajstić information content (AvgIpc) is 2.77. The highest BCUT2D eigenvalue weighted by molar-refractivity contribution is 7.80. The van der Waals surface area contributed by atoms with E-state index in [-0.39, 0.29) is 5.91 Å². The molecule has 0 aliphatic heterocycles. The first-order valence-corrected chi connectivity index (χ1v) is 7.37. The van der Waals surface area contributed by atoms with E-state index in [9.17, 15) is 4.79 Å². The fourth-order valence-corrected chi connectivity index (χ4v) is 2.96. The Morgan fingerprint density at radius 2 is 1.85 bits per heavy atom. The normalized spacial score (nSPS) is 10.3. The molecule has 5 heteroatoms. The molecule has 0 saturated heterocycles. The van der Waals surface area contributed by atoms with Gasteiger partial charge in [0.25, 0.3) is 5.91 Å². The van der Waals surface area contributed by atoms with E-state index in [4.69, 9.17) is 18.0 Å². The number of nitrogens with zero attached hydrogens (tertiary/aromatic N) is 1. The van der Waals surface area contributed by atoms with E-state index in [1.807, 2.05) is 44.2 Å². The van der Waals surface area contributed by atoms with Gasteiger partial charge in [-0.05, 0) is 49.7 Å². The molecule has 0 unspecified atom stereocenters. The van der Waals surface area contributed by atoms with E-state index in [2.05, 4.69) is 0 Å². The number of thiocarbonyl (C=S) groups is 1. The van der Waals surface area contributed by atoms with Gasteiger partial charge in [-0.2, -0.15) is 0 Å². The van der Waals surface area contributed by atoms with Crippen LogP contribution in [-0.2, 0) is 0 Å². The van der Waals surface area contributed by atoms with E-state index in [1.54, 1.807) is 11.9 Å². The van der Waals surface area contributed by atoms with Gasteiger partial charge in [-0.15, -0.1) is 11.3 Å². The third kappa shape index (κ3) is 2.89. The van der Waals surface area contributed by atoms with Gasteiger partial charge in [-0.3, -0.25) is 4.79 Å². The van der Waals surface area contributed by atoms with Gasteiger partial charge in [0.1, 0.15) is 4.99 Å². The van der Waals surface area contributed by atoms with Crippen molar-refractivity contribution in [1.82, 2.24) is 0 Å². The quantitative estimate of drug-likeness (QED) is 0.885. The van der Waals surface area contributed by atoms with Crippen molar-refractivity contribution in [3.63, 3.8) is 0 Å². The molecule has 2 N–H and O–H groups in total. The number of rotatable bonds is 3. The molecule has 104 valence electrons. The second-order valence-corrected chi connectivity index (χ2v) is 6.32. The van der Waals surface area contributed by atoms with Crippen LogP contribution in [0.25, 0.3) is 0 Å². The second kappa shape index (κ2) is 5.73. The van der Waals surface area contributed by atoms with Crippen LogP contribution >= 0.6 is 23.6 Å². The zero-order chi connectivity index (χ0) is 14.9. The summed E-state index contributed by atoms with van der Waals surface area (Å²) in [4.78, 5) is 16.3. The van der Waals surface area contributed by atoms with Crippen LogP contribution in [0.1, 0.15) is 25.7 Å². The number of amides is 1. The Morgan fingerprint density at radius 3 is 2.30 bits per heavy atom. The lowest BCUT2D eigenvalue weighted by atomic mass is 10.2. The molecule has 1 heterocycles. The lowest BCUT2D eigenvalue weighted by Crippen LogP contribution is -2.25. The number of benzene rings is 1. The molecule has 2 rings (SSSR count). The highest BCUT2D eigenvalue weighted by atomic mass is 32.1. The summed E-state index contributed by atoms with van der Waals surface area (Å²) in [5.74, 6) is -0.00530. The first-order valence-electron chi connectivity index (χ1n) is 6.15. The van der Waals surface area contributed by atoms with Crippen molar-refractivity contribution in [2.45, 2.75) is 13.8 Å². The highest BCUT2D eigenvalue weighted by Crippen LogP contribution is 2.24. The number of thiophene rings is 1. The van der Waals surface area contributed by atoms with Gasteiger partial charge in [-0.25, -0.2) is 0 Å². The fourth-order valence-electron chi connectivity index (χ4n) is 1.81. The van der Waals surface area contributed by atoms with Crippen LogP contribution in [0.5, 0.6) is 0 Å². The predicted molar refractivity (Wildman–Crippen MR) is 88.9 cm³/mol. The third-order valence-electron chi connectivity index (χ3n) is 3.22. The van der Waals surface area contributed by atoms with Crippen LogP contribution in [0.2, 0.25) is 0 Å². The first kappa shape index (κ1) is 14.7. The Kier molecular flexibility index (Phi) is 4.20. The summed E-state index contributed by atoms with van der Waals surface area (Å²) in [5.41, 5.74) is 8.33. The molecule has 0 saturated carbocycles. The molecule has 0 bridgehead atoms. The van der Waals surface area contributed by atoms with Crippen LogP contribution in [0, 0.1) is 13.8 Å². The molecule has 0 fully saturated rings. The predicted octanol–water partition coefficient (Wildman–Crippen LogP) is 3.28. The third-order valence-corrected chi connectivity index (χ3v) is 4.60. The maximum absolute atomic E-state index is 12.4. The Bertz CT molecular complexity index is 640. The summed E-state index contributed by atoms with van der Waals surface area (Å²) in [6.07, 6.45) is 0. The SMILES string of the molecule is Cc1cc(C(=O)N(C)c2ccc(C(N)=S)cc2)sc1C. The molecule has 1 aromatic carbocycles. The average molecular weight is 304 g/mol. The van der Waals surface area contributed by atoms with Crippen molar-refractivity contribution in [2.24, 2.45) is 5.73 Å². The van der Waals surface area contributed by atoms with Crippen LogP contribution < -0.4 is 10.6 Å². The van der Waals surface area contributed by atoms with Crippen LogP contribution in [-0.4, -0.2) is 17.9 Å². The van der Waals surface area contributed by atoms with Gasteiger partial charge < -0.3 is 10.6 Å². The molecular weight excluding hydrogens is 288 g/mol. The summed E-state index contributed by atoms with van der Waals surface area (Å²) in [6, 6.07) is 9.28. The lowest BCUT2D eigenvalue weighted by molar-refractivity contribution is 0.0997. The molecule has 20 heavy (non-hydrogen) atoms. The summed E-state index contributed by atoms with van der Waals surface area (Å²) in [5, 5.41) is 0. The van der Waals surface area contributed by atoms with Crippen molar-refractivity contribution < 1.29 is 4.79 Å². The highest BCUT2D eigenvalue weighted by Gasteiger charge is 2.16. The van der Waals surface area contributed by atoms with Gasteiger partial charge in [0.2, 0.25) is 0 Å². The van der Waals surface area contributed by atoms with Gasteiger partial charge >= 0.3 is 0 Å². The molecule has 3 nitrogen and oxygen atoms in total. The number of hydrogen-bond donors (Lipinski definition) is 1. The number of aryl methyl sites for hydroxylation is 2. The number of carbonyl (C=O) groups is 1. The number of hydrogen-bond acceptors (Lipinski definition) is 3. The summed E-state index contributed by atoms with van der Waals surface area (Å²) < 4.78 is 0. The topological polar surface area (TPSA) is 46.3 Å². The lowest BCUT2D eigenvalue weighted by Gasteiger charge is -2.16. The minimum absolute atomic E-state index is 0.00530. The largest absolute Gasteiger partial charge is 0.389 e. The van der Waals surface area contributed by atoms with Crippen LogP contribution in [0.4, 0.5) is 5.69 Å². The molecule has 0 aliphatic carbocycles. The van der Waals surface area contributed by atoms with Crippen molar-refractivity contribution >= 4 is 40.1 Å². The number of carbonyl (C=O) groups excluding carboxylic acids is 1. The fraction of sp³-hybridized carbons (Fsp3) is 0.200. The molecule has 0 aliphatic rings. The molecular formula is C15H16N2OS2. The standard InChI is InChI=1S/C15H16N2OS2/c1-9-8-13(20-10(9)2)15(18)17(3)12-6-4-11(5-7-12)14(16)19/h4-8H,1-3H3,(H2,16,19). The number of anilines is 1. The van der Waals surface area contributed by atoms with Gasteiger partial charge in [0.15, 0.2) is 0 Å². The molecule has 0 radical (unpaired) electrons. The van der Waals surface area contributed by atoms with E-state index < -0.39 is 0 Å². The van der Waals surface area contributed by atoms with E-state index >= 15 is 0 Å². The van der Waals surface area contributed by atoms with E-state index in [0.717, 1.165) is 21.7 Å².